The Morgan fingerprint density at radius 1 is 1.47 bits per heavy atom. The monoisotopic (exact) mass is 261 g/mol. The summed E-state index contributed by atoms with van der Waals surface area (Å²) >= 11 is 0. The second-order valence-corrected chi connectivity index (χ2v) is 5.14. The highest BCUT2D eigenvalue weighted by Crippen LogP contribution is 2.40. The summed E-state index contributed by atoms with van der Waals surface area (Å²) in [6, 6.07) is 8.28. The van der Waals surface area contributed by atoms with Gasteiger partial charge in [0.1, 0.15) is 0 Å². The van der Waals surface area contributed by atoms with E-state index in [2.05, 4.69) is 17.4 Å². The van der Waals surface area contributed by atoms with Crippen molar-refractivity contribution in [2.75, 3.05) is 0 Å². The van der Waals surface area contributed by atoms with Crippen LogP contribution in [-0.2, 0) is 16.0 Å². The summed E-state index contributed by atoms with van der Waals surface area (Å²) in [5, 5.41) is 11.4. The van der Waals surface area contributed by atoms with Crippen LogP contribution in [0.2, 0.25) is 0 Å². The summed E-state index contributed by atoms with van der Waals surface area (Å²) in [6.45, 7) is 0. The number of hydrogen-bond donors (Lipinski definition) is 2. The first-order chi connectivity index (χ1) is 9.19. The predicted molar refractivity (Wildman–Crippen MR) is 72.0 cm³/mol. The largest absolute Gasteiger partial charge is 0.481 e. The molecule has 0 saturated heterocycles. The second-order valence-electron chi connectivity index (χ2n) is 5.14. The first-order valence-corrected chi connectivity index (χ1v) is 6.69. The lowest BCUT2D eigenvalue weighted by atomic mass is 9.99. The van der Waals surface area contributed by atoms with Gasteiger partial charge in [0, 0.05) is 12.5 Å². The van der Waals surface area contributed by atoms with E-state index in [-0.39, 0.29) is 12.5 Å². The highest BCUT2D eigenvalue weighted by Gasteiger charge is 2.23. The molecule has 1 saturated carbocycles. The van der Waals surface area contributed by atoms with E-state index in [0.29, 0.717) is 25.2 Å². The van der Waals surface area contributed by atoms with Crippen LogP contribution >= 0.6 is 0 Å². The average Bonchev–Trinajstić information content (AvgIpc) is 3.21. The predicted octanol–water partition coefficient (Wildman–Crippen LogP) is 2.09. The van der Waals surface area contributed by atoms with Gasteiger partial charge in [0.25, 0.3) is 0 Å². The van der Waals surface area contributed by atoms with Gasteiger partial charge in [-0.1, -0.05) is 24.3 Å². The highest BCUT2D eigenvalue weighted by atomic mass is 16.4. The average molecular weight is 261 g/mol. The number of carboxylic acids is 1. The Balaban J connectivity index is 1.96. The molecule has 0 spiro atoms. The molecule has 0 aliphatic heterocycles. The van der Waals surface area contributed by atoms with Gasteiger partial charge in [-0.3, -0.25) is 9.59 Å². The Labute approximate surface area is 112 Å². The number of nitrogens with one attached hydrogen (secondary N) is 1. The Morgan fingerprint density at radius 2 is 2.26 bits per heavy atom. The van der Waals surface area contributed by atoms with Crippen molar-refractivity contribution in [2.24, 2.45) is 0 Å². The van der Waals surface area contributed by atoms with Gasteiger partial charge in [-0.05, 0) is 42.7 Å². The smallest absolute Gasteiger partial charge is 0.303 e. The summed E-state index contributed by atoms with van der Waals surface area (Å²) in [5.41, 5.74) is 2.52. The minimum atomic E-state index is -0.829. The molecule has 4 heteroatoms. The summed E-state index contributed by atoms with van der Waals surface area (Å²) in [5.74, 6) is -0.124. The van der Waals surface area contributed by atoms with Crippen LogP contribution in [0.3, 0.4) is 0 Å². The molecule has 1 aliphatic rings. The quantitative estimate of drug-likeness (QED) is 0.704. The minimum Gasteiger partial charge on any atom is -0.481 e. The van der Waals surface area contributed by atoms with E-state index in [0.717, 1.165) is 5.56 Å². The molecule has 4 nitrogen and oxygen atoms in total. The van der Waals surface area contributed by atoms with Crippen molar-refractivity contribution in [3.63, 3.8) is 0 Å². The number of carbonyl (C=O) groups excluding carboxylic acids is 1. The van der Waals surface area contributed by atoms with Crippen LogP contribution in [0.4, 0.5) is 0 Å². The molecule has 0 aromatic heterocycles. The zero-order valence-electron chi connectivity index (χ0n) is 10.8. The molecule has 1 unspecified atom stereocenters. The molecule has 1 fully saturated rings. The van der Waals surface area contributed by atoms with Gasteiger partial charge in [-0.25, -0.2) is 0 Å². The Kier molecular flexibility index (Phi) is 4.55. The molecule has 102 valence electrons. The SMILES string of the molecule is O=CNC(CCC(=O)O)Cc1cccc(C2CC2)c1. The number of carbonyl (C=O) groups is 2. The lowest BCUT2D eigenvalue weighted by Gasteiger charge is -2.15. The number of rotatable bonds is 8. The Bertz CT molecular complexity index is 454. The van der Waals surface area contributed by atoms with Gasteiger partial charge in [-0.2, -0.15) is 0 Å². The molecule has 1 aromatic rings. The van der Waals surface area contributed by atoms with E-state index in [1.54, 1.807) is 0 Å². The molecule has 1 amide bonds. The molecule has 1 atom stereocenters. The summed E-state index contributed by atoms with van der Waals surface area (Å²) < 4.78 is 0. The molecule has 1 aliphatic carbocycles. The van der Waals surface area contributed by atoms with Crippen LogP contribution in [0.1, 0.15) is 42.7 Å². The molecule has 19 heavy (non-hydrogen) atoms. The fourth-order valence-corrected chi connectivity index (χ4v) is 2.31. The first-order valence-electron chi connectivity index (χ1n) is 6.69. The van der Waals surface area contributed by atoms with E-state index in [4.69, 9.17) is 5.11 Å². The Hall–Kier alpha value is -1.84. The number of hydrogen-bond acceptors (Lipinski definition) is 2. The van der Waals surface area contributed by atoms with Crippen molar-refractivity contribution >= 4 is 12.4 Å². The molecular weight excluding hydrogens is 242 g/mol. The normalized spacial score (nSPS) is 15.8. The van der Waals surface area contributed by atoms with Crippen molar-refractivity contribution in [3.8, 4) is 0 Å². The standard InChI is InChI=1S/C15H19NO3/c17-10-16-14(6-7-15(18)19)9-11-2-1-3-13(8-11)12-4-5-12/h1-3,8,10,12,14H,4-7,9H2,(H,16,17)(H,18,19). The molecule has 0 heterocycles. The number of carboxylic acid groups (broad SMARTS) is 1. The zero-order valence-corrected chi connectivity index (χ0v) is 10.8. The lowest BCUT2D eigenvalue weighted by Crippen LogP contribution is -2.30. The van der Waals surface area contributed by atoms with Gasteiger partial charge >= 0.3 is 5.97 Å². The number of amides is 1. The highest BCUT2D eigenvalue weighted by molar-refractivity contribution is 5.66. The van der Waals surface area contributed by atoms with Gasteiger partial charge < -0.3 is 10.4 Å². The van der Waals surface area contributed by atoms with Crippen molar-refractivity contribution in [2.45, 2.75) is 44.1 Å². The number of benzene rings is 1. The van der Waals surface area contributed by atoms with Crippen LogP contribution in [0.25, 0.3) is 0 Å². The molecule has 0 radical (unpaired) electrons. The van der Waals surface area contributed by atoms with Gasteiger partial charge in [-0.15, -0.1) is 0 Å². The second kappa shape index (κ2) is 6.36. The number of aliphatic carboxylic acids is 1. The van der Waals surface area contributed by atoms with Crippen molar-refractivity contribution in [1.29, 1.82) is 0 Å². The van der Waals surface area contributed by atoms with Crippen molar-refractivity contribution in [3.05, 3.63) is 35.4 Å². The summed E-state index contributed by atoms with van der Waals surface area (Å²) in [7, 11) is 0. The van der Waals surface area contributed by atoms with E-state index >= 15 is 0 Å². The third-order valence-electron chi connectivity index (χ3n) is 3.49. The molecule has 1 aromatic carbocycles. The third kappa shape index (κ3) is 4.39. The van der Waals surface area contributed by atoms with Gasteiger partial charge in [0.15, 0.2) is 0 Å². The first kappa shape index (κ1) is 13.6. The zero-order chi connectivity index (χ0) is 13.7. The summed E-state index contributed by atoms with van der Waals surface area (Å²) in [4.78, 5) is 21.2. The maximum absolute atomic E-state index is 10.6. The molecule has 0 bridgehead atoms. The van der Waals surface area contributed by atoms with Gasteiger partial charge in [0.2, 0.25) is 6.41 Å². The van der Waals surface area contributed by atoms with E-state index < -0.39 is 5.97 Å². The lowest BCUT2D eigenvalue weighted by molar-refractivity contribution is -0.137. The van der Waals surface area contributed by atoms with Gasteiger partial charge in [0.05, 0.1) is 0 Å². The molecule has 2 rings (SSSR count). The Morgan fingerprint density at radius 3 is 2.89 bits per heavy atom. The molecular formula is C15H19NO3. The fourth-order valence-electron chi connectivity index (χ4n) is 2.31. The van der Waals surface area contributed by atoms with Crippen molar-refractivity contribution in [1.82, 2.24) is 5.32 Å². The van der Waals surface area contributed by atoms with Crippen LogP contribution in [-0.4, -0.2) is 23.5 Å². The minimum absolute atomic E-state index is 0.0772. The topological polar surface area (TPSA) is 66.4 Å². The van der Waals surface area contributed by atoms with E-state index in [1.807, 2.05) is 12.1 Å². The fraction of sp³-hybridized carbons (Fsp3) is 0.467. The van der Waals surface area contributed by atoms with E-state index in [1.165, 1.54) is 18.4 Å². The third-order valence-corrected chi connectivity index (χ3v) is 3.49. The maximum atomic E-state index is 10.6. The van der Waals surface area contributed by atoms with Crippen LogP contribution in [0, 0.1) is 0 Å². The van der Waals surface area contributed by atoms with Crippen LogP contribution in [0.5, 0.6) is 0 Å². The van der Waals surface area contributed by atoms with Crippen LogP contribution in [0.15, 0.2) is 24.3 Å². The van der Waals surface area contributed by atoms with E-state index in [9.17, 15) is 9.59 Å². The van der Waals surface area contributed by atoms with Crippen molar-refractivity contribution < 1.29 is 14.7 Å². The summed E-state index contributed by atoms with van der Waals surface area (Å²) in [6.07, 6.45) is 4.40. The maximum Gasteiger partial charge on any atom is 0.303 e. The molecule has 2 N–H and O–H groups in total. The van der Waals surface area contributed by atoms with Crippen LogP contribution < -0.4 is 5.32 Å².